The first-order valence-electron chi connectivity index (χ1n) is 15.3. The van der Waals surface area contributed by atoms with Gasteiger partial charge >= 0.3 is 0 Å². The molecule has 7 rings (SSSR count). The van der Waals surface area contributed by atoms with E-state index < -0.39 is 47.0 Å². The summed E-state index contributed by atoms with van der Waals surface area (Å²) in [5.41, 5.74) is 3.00. The minimum absolute atomic E-state index is 0.0108. The van der Waals surface area contributed by atoms with Crippen molar-refractivity contribution in [2.24, 2.45) is 0 Å². The minimum Gasteiger partial charge on any atom is -0.508 e. The van der Waals surface area contributed by atoms with Crippen molar-refractivity contribution in [3.05, 3.63) is 178 Å². The number of carbonyl (C=O) groups excluding carboxylic acids is 2. The number of aromatic hydroxyl groups is 2. The topological polar surface area (TPSA) is 183 Å². The van der Waals surface area contributed by atoms with Crippen molar-refractivity contribution in [2.45, 2.75) is 15.2 Å². The molecule has 0 fully saturated rings. The molecular formula is C39H26O10S2. The van der Waals surface area contributed by atoms with Crippen molar-refractivity contribution in [3.8, 4) is 22.6 Å². The number of hydrogen-bond donors (Lipinski definition) is 4. The average molecular weight is 719 g/mol. The SMILES string of the molecule is O=C(c1cccc(S(=O)(=O)O)c1)c1ccc2c(c1)C(c1ccc(O)cc1)(c1ccc(O)cc1)c1cc(C(=O)c3cccc(S(=O)(=O)O)c3)ccc1-2. The Labute approximate surface area is 292 Å². The Balaban J connectivity index is 1.49. The molecule has 0 saturated heterocycles. The van der Waals surface area contributed by atoms with Crippen molar-refractivity contribution < 1.29 is 45.7 Å². The van der Waals surface area contributed by atoms with Gasteiger partial charge in [-0.3, -0.25) is 18.7 Å². The number of hydrogen-bond acceptors (Lipinski definition) is 8. The molecule has 1 aliphatic carbocycles. The predicted octanol–water partition coefficient (Wildman–Crippen LogP) is 6.42. The van der Waals surface area contributed by atoms with Gasteiger partial charge in [-0.05, 0) is 94.0 Å². The Morgan fingerprint density at radius 2 is 0.804 bits per heavy atom. The summed E-state index contributed by atoms with van der Waals surface area (Å²) in [5, 5.41) is 20.6. The number of phenols is 2. The highest BCUT2D eigenvalue weighted by molar-refractivity contribution is 7.86. The van der Waals surface area contributed by atoms with E-state index in [1.165, 1.54) is 60.7 Å². The van der Waals surface area contributed by atoms with Gasteiger partial charge in [0, 0.05) is 22.3 Å². The normalized spacial score (nSPS) is 13.3. The van der Waals surface area contributed by atoms with Crippen molar-refractivity contribution in [3.63, 3.8) is 0 Å². The van der Waals surface area contributed by atoms with E-state index in [0.29, 0.717) is 33.4 Å². The summed E-state index contributed by atoms with van der Waals surface area (Å²) in [6, 6.07) is 32.9. The third-order valence-electron chi connectivity index (χ3n) is 9.05. The third kappa shape index (κ3) is 5.79. The molecule has 0 spiro atoms. The second-order valence-electron chi connectivity index (χ2n) is 12.0. The quantitative estimate of drug-likeness (QED) is 0.101. The number of rotatable bonds is 8. The van der Waals surface area contributed by atoms with Gasteiger partial charge in [0.2, 0.25) is 0 Å². The molecule has 0 aromatic heterocycles. The average Bonchev–Trinajstić information content (AvgIpc) is 3.40. The summed E-state index contributed by atoms with van der Waals surface area (Å²) in [5.74, 6) is -1.08. The molecule has 0 bridgehead atoms. The molecule has 6 aromatic carbocycles. The predicted molar refractivity (Wildman–Crippen MR) is 186 cm³/mol. The lowest BCUT2D eigenvalue weighted by atomic mass is 9.67. The molecule has 0 amide bonds. The number of ketones is 2. The smallest absolute Gasteiger partial charge is 0.294 e. The van der Waals surface area contributed by atoms with Crippen LogP contribution in [-0.4, -0.2) is 47.7 Å². The molecule has 0 heterocycles. The number of carbonyl (C=O) groups is 2. The van der Waals surface area contributed by atoms with Gasteiger partial charge in [0.15, 0.2) is 11.6 Å². The maximum atomic E-state index is 13.9. The summed E-state index contributed by atoms with van der Waals surface area (Å²) in [6.07, 6.45) is 0. The molecule has 10 nitrogen and oxygen atoms in total. The molecule has 0 radical (unpaired) electrons. The van der Waals surface area contributed by atoms with E-state index in [4.69, 9.17) is 0 Å². The Hall–Kier alpha value is -5.92. The lowest BCUT2D eigenvalue weighted by molar-refractivity contribution is 0.103. The van der Waals surface area contributed by atoms with Gasteiger partial charge in [0.25, 0.3) is 20.2 Å². The molecule has 0 saturated carbocycles. The standard InChI is InChI=1S/C39H26O10S2/c40-29-13-9-27(10-14-29)39(28-11-15-30(41)16-12-28)35-21-25(37(42)23-3-1-5-31(19-23)50(44,45)46)7-17-33(35)34-18-8-26(22-36(34)39)38(43)24-4-2-6-32(20-24)51(47,48)49/h1-22,40-41H,(H,44,45,46)(H,47,48,49). The zero-order valence-electron chi connectivity index (χ0n) is 26.3. The van der Waals surface area contributed by atoms with Crippen LogP contribution in [0.5, 0.6) is 11.5 Å². The molecular weight excluding hydrogens is 693 g/mol. The molecule has 0 atom stereocenters. The van der Waals surface area contributed by atoms with Crippen LogP contribution in [0, 0.1) is 0 Å². The lowest BCUT2D eigenvalue weighted by Gasteiger charge is -2.34. The van der Waals surface area contributed by atoms with Gasteiger partial charge in [-0.2, -0.15) is 16.8 Å². The van der Waals surface area contributed by atoms with Gasteiger partial charge in [-0.15, -0.1) is 0 Å². The van der Waals surface area contributed by atoms with E-state index in [-0.39, 0.29) is 33.8 Å². The molecule has 1 aliphatic rings. The fourth-order valence-electron chi connectivity index (χ4n) is 6.75. The monoisotopic (exact) mass is 718 g/mol. The molecule has 4 N–H and O–H groups in total. The Bertz CT molecular complexity index is 2440. The first kappa shape index (κ1) is 33.6. The molecule has 0 aliphatic heterocycles. The fourth-order valence-corrected chi connectivity index (χ4v) is 7.80. The third-order valence-corrected chi connectivity index (χ3v) is 10.7. The van der Waals surface area contributed by atoms with Crippen LogP contribution in [0.1, 0.15) is 54.1 Å². The second kappa shape index (κ2) is 12.1. The Kier molecular flexibility index (Phi) is 7.99. The van der Waals surface area contributed by atoms with Crippen LogP contribution in [0.3, 0.4) is 0 Å². The molecule has 6 aromatic rings. The molecule has 254 valence electrons. The summed E-state index contributed by atoms with van der Waals surface area (Å²) in [6.45, 7) is 0. The highest BCUT2D eigenvalue weighted by Crippen LogP contribution is 2.57. The van der Waals surface area contributed by atoms with Gasteiger partial charge in [0.05, 0.1) is 15.2 Å². The van der Waals surface area contributed by atoms with Crippen LogP contribution < -0.4 is 0 Å². The van der Waals surface area contributed by atoms with Crippen molar-refractivity contribution in [2.75, 3.05) is 0 Å². The number of phenolic OH excluding ortho intramolecular Hbond substituents is 2. The van der Waals surface area contributed by atoms with E-state index in [1.54, 1.807) is 60.7 Å². The van der Waals surface area contributed by atoms with E-state index >= 15 is 0 Å². The Morgan fingerprint density at radius 3 is 1.16 bits per heavy atom. The summed E-state index contributed by atoms with van der Waals surface area (Å²) >= 11 is 0. The van der Waals surface area contributed by atoms with Crippen LogP contribution in [-0.2, 0) is 25.7 Å². The summed E-state index contributed by atoms with van der Waals surface area (Å²) in [4.78, 5) is 27.0. The first-order valence-corrected chi connectivity index (χ1v) is 18.2. The minimum atomic E-state index is -4.59. The highest BCUT2D eigenvalue weighted by atomic mass is 32.2. The van der Waals surface area contributed by atoms with E-state index in [2.05, 4.69) is 0 Å². The maximum Gasteiger partial charge on any atom is 0.294 e. The summed E-state index contributed by atoms with van der Waals surface area (Å²) in [7, 11) is -9.18. The molecule has 12 heteroatoms. The fraction of sp³-hybridized carbons (Fsp3) is 0.0256. The van der Waals surface area contributed by atoms with Gasteiger partial charge < -0.3 is 10.2 Å². The number of benzene rings is 6. The first-order chi connectivity index (χ1) is 24.2. The number of fused-ring (bicyclic) bond motifs is 3. The van der Waals surface area contributed by atoms with Gasteiger partial charge in [-0.25, -0.2) is 0 Å². The molecule has 51 heavy (non-hydrogen) atoms. The van der Waals surface area contributed by atoms with Crippen LogP contribution >= 0.6 is 0 Å². The zero-order chi connectivity index (χ0) is 36.3. The summed E-state index contributed by atoms with van der Waals surface area (Å²) < 4.78 is 66.6. The lowest BCUT2D eigenvalue weighted by Crippen LogP contribution is -2.29. The molecule has 0 unspecified atom stereocenters. The van der Waals surface area contributed by atoms with Crippen molar-refractivity contribution >= 4 is 31.8 Å². The van der Waals surface area contributed by atoms with Crippen molar-refractivity contribution in [1.82, 2.24) is 0 Å². The van der Waals surface area contributed by atoms with E-state index in [0.717, 1.165) is 12.1 Å². The van der Waals surface area contributed by atoms with Crippen LogP contribution in [0.15, 0.2) is 143 Å². The van der Waals surface area contributed by atoms with Gasteiger partial charge in [-0.1, -0.05) is 72.8 Å². The van der Waals surface area contributed by atoms with Crippen LogP contribution in [0.25, 0.3) is 11.1 Å². The highest BCUT2D eigenvalue weighted by Gasteiger charge is 2.47. The Morgan fingerprint density at radius 1 is 0.451 bits per heavy atom. The van der Waals surface area contributed by atoms with Crippen LogP contribution in [0.2, 0.25) is 0 Å². The van der Waals surface area contributed by atoms with Crippen LogP contribution in [0.4, 0.5) is 0 Å². The largest absolute Gasteiger partial charge is 0.508 e. The van der Waals surface area contributed by atoms with Crippen molar-refractivity contribution in [1.29, 1.82) is 0 Å². The zero-order valence-corrected chi connectivity index (χ0v) is 27.9. The maximum absolute atomic E-state index is 13.9. The van der Waals surface area contributed by atoms with E-state index in [9.17, 15) is 45.7 Å². The second-order valence-corrected chi connectivity index (χ2v) is 14.9. The van der Waals surface area contributed by atoms with Gasteiger partial charge in [0.1, 0.15) is 11.5 Å². The van der Waals surface area contributed by atoms with E-state index in [1.807, 2.05) is 0 Å².